The van der Waals surface area contributed by atoms with Crippen LogP contribution in [0.25, 0.3) is 0 Å². The summed E-state index contributed by atoms with van der Waals surface area (Å²) in [6, 6.07) is 0. The first-order valence-corrected chi connectivity index (χ1v) is 0.565. The van der Waals surface area contributed by atoms with Crippen LogP contribution in [0.2, 0.25) is 0 Å². The van der Waals surface area contributed by atoms with Crippen molar-refractivity contribution in [1.29, 1.82) is 0 Å². The third-order valence-electron chi connectivity index (χ3n) is 0. The van der Waals surface area contributed by atoms with Gasteiger partial charge in [0.15, 0.2) is 0 Å². The van der Waals surface area contributed by atoms with Gasteiger partial charge in [0, 0.05) is 17.1 Å². The summed E-state index contributed by atoms with van der Waals surface area (Å²) in [5.41, 5.74) is 0. The Morgan fingerprint density at radius 1 is 1.67 bits per heavy atom. The van der Waals surface area contributed by atoms with Crippen molar-refractivity contribution in [2.24, 2.45) is 0 Å². The molecule has 0 amide bonds. The van der Waals surface area contributed by atoms with Crippen LogP contribution < -0.4 is 6.15 Å². The normalized spacial score (nSPS) is 4.00. The fraction of sp³-hybridized carbons (Fsp3) is 0. The molecule has 0 unspecified atom stereocenters. The van der Waals surface area contributed by atoms with Crippen LogP contribution in [0.5, 0.6) is 0 Å². The maximum absolute atomic E-state index is 8.36. The quantitative estimate of drug-likeness (QED) is 0.279. The zero-order chi connectivity index (χ0) is 3.58. The SMILES string of the molecule is N.O=[N+]([O-])O.[Cu]. The van der Waals surface area contributed by atoms with Gasteiger partial charge in [0.05, 0.1) is 0 Å². The van der Waals surface area contributed by atoms with Gasteiger partial charge in [0.25, 0.3) is 5.09 Å². The summed E-state index contributed by atoms with van der Waals surface area (Å²) in [5.74, 6) is 0. The molecule has 0 aromatic carbocycles. The minimum absolute atomic E-state index is 0. The van der Waals surface area contributed by atoms with E-state index in [0.717, 1.165) is 0 Å². The Labute approximate surface area is 44.5 Å². The molecule has 0 aliphatic heterocycles. The van der Waals surface area contributed by atoms with E-state index in [1.807, 2.05) is 0 Å². The first-order chi connectivity index (χ1) is 1.73. The molecule has 0 spiro atoms. The van der Waals surface area contributed by atoms with Crippen LogP contribution in [0.4, 0.5) is 0 Å². The van der Waals surface area contributed by atoms with Gasteiger partial charge >= 0.3 is 0 Å². The Kier molecular flexibility index (Phi) is 25.5. The molecule has 0 aromatic rings. The molecule has 0 saturated heterocycles. The molecule has 0 aliphatic carbocycles. The van der Waals surface area contributed by atoms with Crippen LogP contribution in [0, 0.1) is 10.1 Å². The summed E-state index contributed by atoms with van der Waals surface area (Å²) in [4.78, 5) is 8.36. The predicted molar refractivity (Wildman–Crippen MR) is 13.8 cm³/mol. The van der Waals surface area contributed by atoms with Crippen molar-refractivity contribution >= 4 is 0 Å². The second-order valence-electron chi connectivity index (χ2n) is 0.238. The zero-order valence-electron chi connectivity index (χ0n) is 2.72. The van der Waals surface area contributed by atoms with Crippen LogP contribution in [0.3, 0.4) is 0 Å². The van der Waals surface area contributed by atoms with Crippen molar-refractivity contribution in [1.82, 2.24) is 6.15 Å². The fourth-order valence-electron chi connectivity index (χ4n) is 0. The van der Waals surface area contributed by atoms with E-state index in [2.05, 4.69) is 0 Å². The van der Waals surface area contributed by atoms with Gasteiger partial charge in [-0.1, -0.05) is 0 Å². The minimum Gasteiger partial charge on any atom is -0.344 e. The molecule has 43 valence electrons. The van der Waals surface area contributed by atoms with E-state index >= 15 is 0 Å². The molecule has 1 radical (unpaired) electrons. The molecule has 0 heterocycles. The van der Waals surface area contributed by atoms with Gasteiger partial charge < -0.3 is 11.4 Å². The van der Waals surface area contributed by atoms with E-state index in [9.17, 15) is 0 Å². The number of hydrogen-bond acceptors (Lipinski definition) is 3. The molecule has 0 aliphatic rings. The van der Waals surface area contributed by atoms with Crippen molar-refractivity contribution in [3.63, 3.8) is 0 Å². The first kappa shape index (κ1) is 17.3. The predicted octanol–water partition coefficient (Wildman–Crippen LogP) is -0.188. The van der Waals surface area contributed by atoms with E-state index in [0.29, 0.717) is 0 Å². The van der Waals surface area contributed by atoms with E-state index in [4.69, 9.17) is 15.3 Å². The van der Waals surface area contributed by atoms with E-state index in [1.165, 1.54) is 0 Å². The minimum atomic E-state index is -1.50. The number of hydrogen-bond donors (Lipinski definition) is 2. The summed E-state index contributed by atoms with van der Waals surface area (Å²) < 4.78 is 0. The largest absolute Gasteiger partial charge is 0.344 e. The molecular weight excluding hydrogens is 140 g/mol. The molecule has 0 aromatic heterocycles. The Hall–Kier alpha value is -0.321. The van der Waals surface area contributed by atoms with Crippen molar-refractivity contribution in [3.8, 4) is 0 Å². The standard InChI is InChI=1S/Cu.HNO3.H3N/c;2-1(3)4;/h;(H,2,3,4);1H3. The molecule has 0 atom stereocenters. The Morgan fingerprint density at radius 3 is 1.67 bits per heavy atom. The first-order valence-electron chi connectivity index (χ1n) is 0.565. The molecule has 5 nitrogen and oxygen atoms in total. The average molecular weight is 144 g/mol. The second-order valence-corrected chi connectivity index (χ2v) is 0.238. The summed E-state index contributed by atoms with van der Waals surface area (Å²) in [5, 5.41) is 13.6. The van der Waals surface area contributed by atoms with Gasteiger partial charge in [-0.3, -0.25) is 0 Å². The van der Waals surface area contributed by atoms with Crippen LogP contribution in [-0.2, 0) is 17.1 Å². The fourth-order valence-corrected chi connectivity index (χ4v) is 0. The van der Waals surface area contributed by atoms with Crippen molar-refractivity contribution in [2.45, 2.75) is 0 Å². The van der Waals surface area contributed by atoms with Gasteiger partial charge in [-0.15, -0.1) is 10.1 Å². The molecule has 6 heavy (non-hydrogen) atoms. The van der Waals surface area contributed by atoms with Crippen molar-refractivity contribution in [2.75, 3.05) is 0 Å². The zero-order valence-corrected chi connectivity index (χ0v) is 3.66. The van der Waals surface area contributed by atoms with Crippen LogP contribution in [-0.4, -0.2) is 10.3 Å². The molecule has 0 bridgehead atoms. The maximum Gasteiger partial charge on any atom is 0.291 e. The molecule has 6 heteroatoms. The molecule has 0 saturated carbocycles. The maximum atomic E-state index is 8.36. The number of rotatable bonds is 0. The summed E-state index contributed by atoms with van der Waals surface area (Å²) in [7, 11) is 0. The molecular formula is H4CuN2O3. The molecule has 0 rings (SSSR count). The third-order valence-corrected chi connectivity index (χ3v) is 0. The topological polar surface area (TPSA) is 98.4 Å². The van der Waals surface area contributed by atoms with E-state index in [-0.39, 0.29) is 23.2 Å². The van der Waals surface area contributed by atoms with E-state index < -0.39 is 5.09 Å². The second kappa shape index (κ2) is 8.82. The van der Waals surface area contributed by atoms with Crippen molar-refractivity contribution in [3.05, 3.63) is 10.1 Å². The van der Waals surface area contributed by atoms with Gasteiger partial charge in [-0.25, -0.2) is 0 Å². The van der Waals surface area contributed by atoms with Crippen LogP contribution in [0.15, 0.2) is 0 Å². The van der Waals surface area contributed by atoms with Gasteiger partial charge in [0.1, 0.15) is 0 Å². The van der Waals surface area contributed by atoms with Gasteiger partial charge in [-0.2, -0.15) is 0 Å². The summed E-state index contributed by atoms with van der Waals surface area (Å²) in [6.07, 6.45) is 0. The van der Waals surface area contributed by atoms with Crippen molar-refractivity contribution < 1.29 is 27.4 Å². The summed E-state index contributed by atoms with van der Waals surface area (Å²) in [6.45, 7) is 0. The smallest absolute Gasteiger partial charge is 0.291 e. The van der Waals surface area contributed by atoms with Gasteiger partial charge in [-0.05, 0) is 0 Å². The monoisotopic (exact) mass is 143 g/mol. The number of nitrogens with zero attached hydrogens (tertiary/aromatic N) is 1. The van der Waals surface area contributed by atoms with Gasteiger partial charge in [0.2, 0.25) is 0 Å². The summed E-state index contributed by atoms with van der Waals surface area (Å²) >= 11 is 0. The average Bonchev–Trinajstić information content (AvgIpc) is 0.811. The van der Waals surface area contributed by atoms with Crippen LogP contribution in [0.1, 0.15) is 0 Å². The molecule has 0 fully saturated rings. The van der Waals surface area contributed by atoms with E-state index in [1.54, 1.807) is 0 Å². The molecule has 4 N–H and O–H groups in total. The Morgan fingerprint density at radius 2 is 1.67 bits per heavy atom. The third kappa shape index (κ3) is 257. The Bertz CT molecular complexity index is 31.8. The Balaban J connectivity index is -0.0000000450. The van der Waals surface area contributed by atoms with Crippen LogP contribution >= 0.6 is 0 Å².